The van der Waals surface area contributed by atoms with Gasteiger partial charge in [0.1, 0.15) is 4.70 Å². The average Bonchev–Trinajstić information content (AvgIpc) is 3.16. The fraction of sp³-hybridized carbons (Fsp3) is 0.292. The molecule has 1 amide bonds. The summed E-state index contributed by atoms with van der Waals surface area (Å²) < 4.78 is 6.48. The number of H-pyrrole nitrogens is 1. The first-order chi connectivity index (χ1) is 15.4. The van der Waals surface area contributed by atoms with Gasteiger partial charge in [-0.2, -0.15) is 0 Å². The highest BCUT2D eigenvalue weighted by molar-refractivity contribution is 7.26. The predicted octanol–water partition coefficient (Wildman–Crippen LogP) is 4.18. The Kier molecular flexibility index (Phi) is 7.73. The van der Waals surface area contributed by atoms with Gasteiger partial charge in [-0.1, -0.05) is 6.07 Å². The minimum absolute atomic E-state index is 0. The maximum absolute atomic E-state index is 12.7. The van der Waals surface area contributed by atoms with Crippen LogP contribution in [0.15, 0.2) is 41.2 Å². The van der Waals surface area contributed by atoms with Gasteiger partial charge in [-0.25, -0.2) is 4.79 Å². The number of nitrogens with one attached hydrogen (secondary N) is 2. The number of thiophene rings is 1. The first-order valence-electron chi connectivity index (χ1n) is 10.5. The SMILES string of the molecule is CCOC(=O)c1ccc2c(c1)sc1c(=O)[nH]c3ccc(C(=O)NCCCN(C)C)cc3c12.Cl. The van der Waals surface area contributed by atoms with E-state index >= 15 is 0 Å². The number of nitrogens with zero attached hydrogens (tertiary/aromatic N) is 1. The lowest BCUT2D eigenvalue weighted by Crippen LogP contribution is -2.27. The fourth-order valence-electron chi connectivity index (χ4n) is 3.74. The lowest BCUT2D eigenvalue weighted by atomic mass is 10.0. The van der Waals surface area contributed by atoms with Crippen LogP contribution in [0.5, 0.6) is 0 Å². The molecule has 0 saturated heterocycles. The molecule has 0 aliphatic rings. The van der Waals surface area contributed by atoms with E-state index in [0.717, 1.165) is 33.8 Å². The lowest BCUT2D eigenvalue weighted by Gasteiger charge is -2.10. The van der Waals surface area contributed by atoms with Gasteiger partial charge in [0.05, 0.1) is 12.2 Å². The van der Waals surface area contributed by atoms with E-state index in [1.165, 1.54) is 11.3 Å². The average molecular weight is 488 g/mol. The number of fused-ring (bicyclic) bond motifs is 5. The predicted molar refractivity (Wildman–Crippen MR) is 136 cm³/mol. The Morgan fingerprint density at radius 1 is 1.09 bits per heavy atom. The second kappa shape index (κ2) is 10.3. The zero-order valence-electron chi connectivity index (χ0n) is 18.7. The quantitative estimate of drug-likeness (QED) is 0.301. The van der Waals surface area contributed by atoms with Crippen molar-refractivity contribution in [2.45, 2.75) is 13.3 Å². The van der Waals surface area contributed by atoms with E-state index < -0.39 is 0 Å². The van der Waals surface area contributed by atoms with Crippen LogP contribution in [0.2, 0.25) is 0 Å². The molecule has 0 fully saturated rings. The van der Waals surface area contributed by atoms with Crippen molar-refractivity contribution in [2.75, 3.05) is 33.8 Å². The van der Waals surface area contributed by atoms with Gasteiger partial charge < -0.3 is 19.9 Å². The molecular formula is C24H26ClN3O4S. The molecule has 0 spiro atoms. The molecule has 2 heterocycles. The van der Waals surface area contributed by atoms with Gasteiger partial charge in [-0.05, 0) is 64.3 Å². The van der Waals surface area contributed by atoms with Crippen LogP contribution in [-0.2, 0) is 4.74 Å². The number of amides is 1. The van der Waals surface area contributed by atoms with Crippen molar-refractivity contribution in [3.63, 3.8) is 0 Å². The number of hydrogen-bond acceptors (Lipinski definition) is 6. The van der Waals surface area contributed by atoms with Crippen molar-refractivity contribution >= 4 is 66.7 Å². The minimum atomic E-state index is -0.390. The van der Waals surface area contributed by atoms with Crippen molar-refractivity contribution < 1.29 is 14.3 Å². The van der Waals surface area contributed by atoms with Crippen LogP contribution in [0.4, 0.5) is 0 Å². The molecule has 0 aliphatic heterocycles. The van der Waals surface area contributed by atoms with E-state index in [4.69, 9.17) is 4.74 Å². The number of ether oxygens (including phenoxy) is 1. The van der Waals surface area contributed by atoms with Gasteiger partial charge in [0.2, 0.25) is 0 Å². The van der Waals surface area contributed by atoms with Crippen LogP contribution in [0.1, 0.15) is 34.1 Å². The molecule has 7 nitrogen and oxygen atoms in total. The molecule has 4 aromatic rings. The van der Waals surface area contributed by atoms with Gasteiger partial charge >= 0.3 is 5.97 Å². The van der Waals surface area contributed by atoms with Crippen molar-refractivity contribution in [3.05, 3.63) is 57.9 Å². The number of aromatic nitrogens is 1. The van der Waals surface area contributed by atoms with E-state index in [-0.39, 0.29) is 29.8 Å². The molecule has 2 aromatic carbocycles. The monoisotopic (exact) mass is 487 g/mol. The van der Waals surface area contributed by atoms with Gasteiger partial charge in [0, 0.05) is 38.5 Å². The third kappa shape index (κ3) is 5.03. The van der Waals surface area contributed by atoms with Crippen molar-refractivity contribution in [1.82, 2.24) is 15.2 Å². The molecule has 2 aromatic heterocycles. The van der Waals surface area contributed by atoms with Crippen LogP contribution in [-0.4, -0.2) is 55.6 Å². The molecular weight excluding hydrogens is 462 g/mol. The van der Waals surface area contributed by atoms with Crippen molar-refractivity contribution in [3.8, 4) is 0 Å². The molecule has 33 heavy (non-hydrogen) atoms. The number of carbonyl (C=O) groups is 2. The highest BCUT2D eigenvalue weighted by Crippen LogP contribution is 2.36. The molecule has 9 heteroatoms. The third-order valence-corrected chi connectivity index (χ3v) is 6.43. The molecule has 0 unspecified atom stereocenters. The van der Waals surface area contributed by atoms with Crippen LogP contribution < -0.4 is 10.9 Å². The molecule has 2 N–H and O–H groups in total. The first kappa shape index (κ1) is 24.7. The fourth-order valence-corrected chi connectivity index (χ4v) is 4.90. The maximum atomic E-state index is 12.7. The van der Waals surface area contributed by atoms with E-state index in [1.807, 2.05) is 26.2 Å². The summed E-state index contributed by atoms with van der Waals surface area (Å²) >= 11 is 1.33. The minimum Gasteiger partial charge on any atom is -0.462 e. The number of halogens is 1. The Morgan fingerprint density at radius 3 is 2.58 bits per heavy atom. The van der Waals surface area contributed by atoms with E-state index in [0.29, 0.717) is 34.5 Å². The number of aromatic amines is 1. The number of benzene rings is 2. The van der Waals surface area contributed by atoms with E-state index in [9.17, 15) is 14.4 Å². The number of hydrogen-bond donors (Lipinski definition) is 2. The molecule has 0 atom stereocenters. The van der Waals surface area contributed by atoms with Gasteiger partial charge in [-0.15, -0.1) is 23.7 Å². The van der Waals surface area contributed by atoms with Crippen LogP contribution in [0.3, 0.4) is 0 Å². The van der Waals surface area contributed by atoms with Gasteiger partial charge in [0.25, 0.3) is 11.5 Å². The Bertz CT molecular complexity index is 1390. The first-order valence-corrected chi connectivity index (χ1v) is 11.3. The summed E-state index contributed by atoms with van der Waals surface area (Å²) in [5.41, 5.74) is 1.47. The van der Waals surface area contributed by atoms with Gasteiger partial charge in [-0.3, -0.25) is 9.59 Å². The summed E-state index contributed by atoms with van der Waals surface area (Å²) in [4.78, 5) is 42.5. The number of esters is 1. The highest BCUT2D eigenvalue weighted by Gasteiger charge is 2.16. The summed E-state index contributed by atoms with van der Waals surface area (Å²) in [7, 11) is 4.00. The Balaban J connectivity index is 0.00000306. The summed E-state index contributed by atoms with van der Waals surface area (Å²) in [6.07, 6.45) is 0.863. The molecule has 174 valence electrons. The second-order valence-corrected chi connectivity index (χ2v) is 8.92. The molecule has 0 bridgehead atoms. The molecule has 0 radical (unpaired) electrons. The summed E-state index contributed by atoms with van der Waals surface area (Å²) in [5.74, 6) is -0.534. The van der Waals surface area contributed by atoms with Crippen molar-refractivity contribution in [1.29, 1.82) is 0 Å². The number of carbonyl (C=O) groups excluding carboxylic acids is 2. The number of rotatable bonds is 7. The van der Waals surface area contributed by atoms with E-state index in [2.05, 4.69) is 15.2 Å². The van der Waals surface area contributed by atoms with Crippen molar-refractivity contribution in [2.24, 2.45) is 0 Å². The van der Waals surface area contributed by atoms with Gasteiger partial charge in [0.15, 0.2) is 0 Å². The van der Waals surface area contributed by atoms with Crippen LogP contribution in [0, 0.1) is 0 Å². The zero-order chi connectivity index (χ0) is 22.8. The Hall–Kier alpha value is -2.94. The Labute approximate surface area is 201 Å². The topological polar surface area (TPSA) is 91.5 Å². The lowest BCUT2D eigenvalue weighted by molar-refractivity contribution is 0.0526. The molecule has 0 saturated carbocycles. The smallest absolute Gasteiger partial charge is 0.338 e. The normalized spacial score (nSPS) is 11.2. The largest absolute Gasteiger partial charge is 0.462 e. The van der Waals surface area contributed by atoms with E-state index in [1.54, 1.807) is 31.2 Å². The summed E-state index contributed by atoms with van der Waals surface area (Å²) in [6.45, 7) is 3.55. The van der Waals surface area contributed by atoms with Crippen LogP contribution >= 0.6 is 23.7 Å². The standard InChI is InChI=1S/C24H25N3O4S.ClH/c1-4-31-24(30)15-6-8-16-19(13-15)32-21-20(16)17-12-14(7-9-18(17)26-23(21)29)22(28)25-10-5-11-27(2)3;/h6-9,12-13H,4-5,10-11H2,1-3H3,(H,25,28)(H,26,29);1H. The zero-order valence-corrected chi connectivity index (χ0v) is 20.3. The summed E-state index contributed by atoms with van der Waals surface area (Å²) in [6, 6.07) is 10.6. The highest BCUT2D eigenvalue weighted by atomic mass is 35.5. The van der Waals surface area contributed by atoms with Crippen LogP contribution in [0.25, 0.3) is 31.1 Å². The molecule has 4 rings (SSSR count). The third-order valence-electron chi connectivity index (χ3n) is 5.27. The second-order valence-electron chi connectivity index (χ2n) is 7.86. The maximum Gasteiger partial charge on any atom is 0.338 e. The molecule has 0 aliphatic carbocycles. The summed E-state index contributed by atoms with van der Waals surface area (Å²) in [5, 5.41) is 5.42. The number of pyridine rings is 1. The Morgan fingerprint density at radius 2 is 1.85 bits per heavy atom.